The predicted molar refractivity (Wildman–Crippen MR) is 86.3 cm³/mol. The summed E-state index contributed by atoms with van der Waals surface area (Å²) in [5, 5.41) is 25.8. The van der Waals surface area contributed by atoms with Gasteiger partial charge in [-0.1, -0.05) is 23.7 Å². The topological polar surface area (TPSA) is 128 Å². The Morgan fingerprint density at radius 2 is 1.71 bits per heavy atom. The maximum atomic E-state index is 12.0. The first kappa shape index (κ1) is 17.0. The number of carbonyl (C=O) groups excluding carboxylic acids is 1. The average Bonchev–Trinajstić information content (AvgIpc) is 2.54. The van der Waals surface area contributed by atoms with Gasteiger partial charge in [0.15, 0.2) is 0 Å². The zero-order chi connectivity index (χ0) is 17.7. The fraction of sp³-hybridized carbons (Fsp3) is 0. The third-order valence-electron chi connectivity index (χ3n) is 2.81. The number of benzene rings is 2. The van der Waals surface area contributed by atoms with Crippen LogP contribution in [0, 0.1) is 20.2 Å². The minimum Gasteiger partial charge on any atom is -0.267 e. The molecule has 9 nitrogen and oxygen atoms in total. The average molecular weight is 349 g/mol. The van der Waals surface area contributed by atoms with E-state index >= 15 is 0 Å². The van der Waals surface area contributed by atoms with Gasteiger partial charge in [0, 0.05) is 17.2 Å². The van der Waals surface area contributed by atoms with Crippen molar-refractivity contribution in [1.29, 1.82) is 0 Å². The van der Waals surface area contributed by atoms with Crippen LogP contribution in [0.5, 0.6) is 0 Å². The van der Waals surface area contributed by atoms with Crippen molar-refractivity contribution < 1.29 is 14.6 Å². The highest BCUT2D eigenvalue weighted by molar-refractivity contribution is 6.30. The molecule has 24 heavy (non-hydrogen) atoms. The van der Waals surface area contributed by atoms with Gasteiger partial charge in [-0.25, -0.2) is 5.43 Å². The van der Waals surface area contributed by atoms with Gasteiger partial charge in [0.1, 0.15) is 0 Å². The zero-order valence-electron chi connectivity index (χ0n) is 11.9. The summed E-state index contributed by atoms with van der Waals surface area (Å²) in [5.41, 5.74) is 1.39. The standard InChI is InChI=1S/C14H9ClN4O5/c15-11-3-1-2-9(4-11)8-16-17-14(20)10-5-12(18(21)22)7-13(6-10)19(23)24/h1-8H,(H,17,20)/b16-8-. The van der Waals surface area contributed by atoms with Crippen molar-refractivity contribution in [3.05, 3.63) is 78.8 Å². The number of carbonyl (C=O) groups is 1. The summed E-state index contributed by atoms with van der Waals surface area (Å²) >= 11 is 5.80. The molecule has 2 aromatic rings. The van der Waals surface area contributed by atoms with E-state index in [1.54, 1.807) is 24.3 Å². The van der Waals surface area contributed by atoms with Crippen LogP contribution in [0.25, 0.3) is 0 Å². The first-order chi connectivity index (χ1) is 11.4. The van der Waals surface area contributed by atoms with Crippen molar-refractivity contribution in [2.24, 2.45) is 5.10 Å². The van der Waals surface area contributed by atoms with Crippen LogP contribution in [-0.2, 0) is 0 Å². The van der Waals surface area contributed by atoms with Crippen LogP contribution in [0.1, 0.15) is 15.9 Å². The van der Waals surface area contributed by atoms with Crippen molar-refractivity contribution in [2.45, 2.75) is 0 Å². The molecule has 0 bridgehead atoms. The van der Waals surface area contributed by atoms with Gasteiger partial charge in [-0.3, -0.25) is 25.0 Å². The molecule has 0 heterocycles. The second-order valence-corrected chi connectivity index (χ2v) is 4.94. The first-order valence-electron chi connectivity index (χ1n) is 6.39. The summed E-state index contributed by atoms with van der Waals surface area (Å²) < 4.78 is 0. The molecule has 0 aliphatic carbocycles. The maximum Gasteiger partial charge on any atom is 0.277 e. The minimum atomic E-state index is -0.820. The Balaban J connectivity index is 2.20. The molecule has 0 aromatic heterocycles. The molecule has 0 atom stereocenters. The number of hydrazone groups is 1. The molecule has 10 heteroatoms. The summed E-state index contributed by atoms with van der Waals surface area (Å²) in [6.07, 6.45) is 1.32. The Kier molecular flexibility index (Phi) is 5.17. The first-order valence-corrected chi connectivity index (χ1v) is 6.77. The highest BCUT2D eigenvalue weighted by Gasteiger charge is 2.19. The largest absolute Gasteiger partial charge is 0.277 e. The van der Waals surface area contributed by atoms with Gasteiger partial charge in [0.25, 0.3) is 17.3 Å². The van der Waals surface area contributed by atoms with Crippen molar-refractivity contribution in [1.82, 2.24) is 5.43 Å². The number of amides is 1. The van der Waals surface area contributed by atoms with Crippen molar-refractivity contribution in [3.8, 4) is 0 Å². The van der Waals surface area contributed by atoms with E-state index in [-0.39, 0.29) is 5.56 Å². The molecule has 0 spiro atoms. The van der Waals surface area contributed by atoms with Crippen LogP contribution in [0.15, 0.2) is 47.6 Å². The molecule has 0 fully saturated rings. The number of halogens is 1. The van der Waals surface area contributed by atoms with Crippen LogP contribution in [0.3, 0.4) is 0 Å². The van der Waals surface area contributed by atoms with E-state index < -0.39 is 27.1 Å². The Morgan fingerprint density at radius 1 is 1.08 bits per heavy atom. The summed E-state index contributed by atoms with van der Waals surface area (Å²) in [7, 11) is 0. The van der Waals surface area contributed by atoms with Crippen LogP contribution in [0.4, 0.5) is 11.4 Å². The zero-order valence-corrected chi connectivity index (χ0v) is 12.6. The summed E-state index contributed by atoms with van der Waals surface area (Å²) in [5.74, 6) is -0.819. The molecule has 0 aliphatic rings. The number of nitro groups is 2. The monoisotopic (exact) mass is 348 g/mol. The summed E-state index contributed by atoms with van der Waals surface area (Å²) in [4.78, 5) is 31.9. The lowest BCUT2D eigenvalue weighted by atomic mass is 10.1. The third-order valence-corrected chi connectivity index (χ3v) is 3.05. The number of nitrogens with one attached hydrogen (secondary N) is 1. The number of nitro benzene ring substituents is 2. The molecule has 0 unspecified atom stereocenters. The molecule has 0 saturated carbocycles. The van der Waals surface area contributed by atoms with Crippen molar-refractivity contribution >= 4 is 35.1 Å². The van der Waals surface area contributed by atoms with Gasteiger partial charge in [0.05, 0.1) is 27.7 Å². The SMILES string of the molecule is O=C(N/N=C\c1cccc(Cl)c1)c1cc([N+](=O)[O-])cc([N+](=O)[O-])c1. The molecule has 2 rings (SSSR count). The number of hydrogen-bond donors (Lipinski definition) is 1. The van der Waals surface area contributed by atoms with E-state index in [2.05, 4.69) is 10.5 Å². The van der Waals surface area contributed by atoms with Crippen LogP contribution >= 0.6 is 11.6 Å². The fourth-order valence-corrected chi connectivity index (χ4v) is 1.95. The maximum absolute atomic E-state index is 12.0. The van der Waals surface area contributed by atoms with Crippen LogP contribution < -0.4 is 5.43 Å². The Labute approximate surface area is 139 Å². The second-order valence-electron chi connectivity index (χ2n) is 4.51. The Bertz CT molecular complexity index is 821. The molecule has 122 valence electrons. The molecule has 1 amide bonds. The number of rotatable bonds is 5. The molecular weight excluding hydrogens is 340 g/mol. The molecule has 0 radical (unpaired) electrons. The highest BCUT2D eigenvalue weighted by Crippen LogP contribution is 2.22. The van der Waals surface area contributed by atoms with Gasteiger partial charge in [0.2, 0.25) is 0 Å². The second kappa shape index (κ2) is 7.29. The van der Waals surface area contributed by atoms with Crippen molar-refractivity contribution in [3.63, 3.8) is 0 Å². The molecular formula is C14H9ClN4O5. The van der Waals surface area contributed by atoms with Crippen LogP contribution in [0.2, 0.25) is 5.02 Å². The molecule has 0 aliphatic heterocycles. The van der Waals surface area contributed by atoms with E-state index in [4.69, 9.17) is 11.6 Å². The van der Waals surface area contributed by atoms with E-state index in [0.29, 0.717) is 10.6 Å². The van der Waals surface area contributed by atoms with Gasteiger partial charge in [-0.2, -0.15) is 5.10 Å². The lowest BCUT2D eigenvalue weighted by Gasteiger charge is -2.01. The molecule has 1 N–H and O–H groups in total. The van der Waals surface area contributed by atoms with Gasteiger partial charge < -0.3 is 0 Å². The van der Waals surface area contributed by atoms with Gasteiger partial charge in [-0.15, -0.1) is 0 Å². The van der Waals surface area contributed by atoms with E-state index in [0.717, 1.165) is 18.2 Å². The number of non-ortho nitro benzene ring substituents is 2. The van der Waals surface area contributed by atoms with Crippen molar-refractivity contribution in [2.75, 3.05) is 0 Å². The van der Waals surface area contributed by atoms with E-state index in [1.807, 2.05) is 0 Å². The third kappa shape index (κ3) is 4.34. The Morgan fingerprint density at radius 3 is 2.25 bits per heavy atom. The number of nitrogens with zero attached hydrogens (tertiary/aromatic N) is 3. The lowest BCUT2D eigenvalue weighted by Crippen LogP contribution is -2.18. The lowest BCUT2D eigenvalue weighted by molar-refractivity contribution is -0.394. The minimum absolute atomic E-state index is 0.251. The van der Waals surface area contributed by atoms with E-state index in [1.165, 1.54) is 6.21 Å². The van der Waals surface area contributed by atoms with Gasteiger partial charge >= 0.3 is 0 Å². The smallest absolute Gasteiger partial charge is 0.267 e. The summed E-state index contributed by atoms with van der Waals surface area (Å²) in [6.45, 7) is 0. The highest BCUT2D eigenvalue weighted by atomic mass is 35.5. The fourth-order valence-electron chi connectivity index (χ4n) is 1.75. The van der Waals surface area contributed by atoms with E-state index in [9.17, 15) is 25.0 Å². The summed E-state index contributed by atoms with van der Waals surface area (Å²) in [6, 6.07) is 9.28. The predicted octanol–water partition coefficient (Wildman–Crippen LogP) is 2.92. The Hall–Kier alpha value is -3.33. The number of hydrogen-bond acceptors (Lipinski definition) is 6. The quantitative estimate of drug-likeness (QED) is 0.504. The molecule has 2 aromatic carbocycles. The van der Waals surface area contributed by atoms with Crippen LogP contribution in [-0.4, -0.2) is 22.0 Å². The molecule has 0 saturated heterocycles. The van der Waals surface area contributed by atoms with Gasteiger partial charge in [-0.05, 0) is 17.7 Å². The normalized spacial score (nSPS) is 10.5.